The van der Waals surface area contributed by atoms with Crippen molar-refractivity contribution in [2.24, 2.45) is 0 Å². The van der Waals surface area contributed by atoms with Gasteiger partial charge in [0.1, 0.15) is 5.82 Å². The highest BCUT2D eigenvalue weighted by atomic mass is 35.5. The Hall–Kier alpha value is -2.66. The lowest BCUT2D eigenvalue weighted by atomic mass is 9.96. The van der Waals surface area contributed by atoms with Gasteiger partial charge in [-0.25, -0.2) is 4.98 Å². The van der Waals surface area contributed by atoms with Gasteiger partial charge in [-0.1, -0.05) is 66.2 Å². The minimum Gasteiger partial charge on any atom is -0.375 e. The Bertz CT molecular complexity index is 1150. The van der Waals surface area contributed by atoms with Crippen LogP contribution in [0.2, 0.25) is 5.02 Å². The third-order valence-electron chi connectivity index (χ3n) is 5.98. The lowest BCUT2D eigenvalue weighted by molar-refractivity contribution is 0.0529. The Labute approximate surface area is 187 Å². The quantitative estimate of drug-likeness (QED) is 0.420. The van der Waals surface area contributed by atoms with Crippen molar-refractivity contribution in [3.63, 3.8) is 0 Å². The lowest BCUT2D eigenvalue weighted by Crippen LogP contribution is -2.41. The number of morpholine rings is 1. The summed E-state index contributed by atoms with van der Waals surface area (Å²) in [6.45, 7) is 6.18. The van der Waals surface area contributed by atoms with Crippen LogP contribution < -0.4 is 10.2 Å². The van der Waals surface area contributed by atoms with Gasteiger partial charge in [0.05, 0.1) is 17.7 Å². The Morgan fingerprint density at radius 2 is 1.65 bits per heavy atom. The number of pyridine rings is 1. The van der Waals surface area contributed by atoms with E-state index in [2.05, 4.69) is 70.7 Å². The van der Waals surface area contributed by atoms with Crippen LogP contribution in [0.5, 0.6) is 0 Å². The van der Waals surface area contributed by atoms with E-state index < -0.39 is 0 Å². The van der Waals surface area contributed by atoms with Gasteiger partial charge in [0, 0.05) is 43.1 Å². The summed E-state index contributed by atoms with van der Waals surface area (Å²) in [5.74, 6) is 1.02. The van der Waals surface area contributed by atoms with E-state index in [0.717, 1.165) is 54.4 Å². The van der Waals surface area contributed by atoms with Crippen molar-refractivity contribution in [3.8, 4) is 0 Å². The van der Waals surface area contributed by atoms with Gasteiger partial charge >= 0.3 is 0 Å². The van der Waals surface area contributed by atoms with Crippen molar-refractivity contribution in [2.75, 3.05) is 24.6 Å². The molecule has 1 saturated heterocycles. The topological polar surface area (TPSA) is 37.4 Å². The highest BCUT2D eigenvalue weighted by Gasteiger charge is 2.17. The first-order valence-electron chi connectivity index (χ1n) is 10.8. The summed E-state index contributed by atoms with van der Waals surface area (Å²) in [5.41, 5.74) is 2.45. The summed E-state index contributed by atoms with van der Waals surface area (Å²) in [4.78, 5) is 6.98. The maximum absolute atomic E-state index is 6.72. The first-order valence-corrected chi connectivity index (χ1v) is 11.2. The van der Waals surface area contributed by atoms with Crippen LogP contribution in [0.25, 0.3) is 21.5 Å². The van der Waals surface area contributed by atoms with E-state index in [1.165, 1.54) is 21.9 Å². The zero-order valence-corrected chi connectivity index (χ0v) is 18.4. The van der Waals surface area contributed by atoms with E-state index in [1.807, 2.05) is 18.3 Å². The normalized spacial score (nSPS) is 16.8. The molecule has 31 heavy (non-hydrogen) atoms. The molecule has 0 amide bonds. The molecule has 1 fully saturated rings. The molecule has 0 bridgehead atoms. The Kier molecular flexibility index (Phi) is 5.77. The zero-order valence-electron chi connectivity index (χ0n) is 17.6. The number of anilines is 1. The summed E-state index contributed by atoms with van der Waals surface area (Å²) < 4.78 is 5.63. The number of aromatic nitrogens is 1. The van der Waals surface area contributed by atoms with Crippen LogP contribution in [0.3, 0.4) is 0 Å². The molecule has 158 valence electrons. The van der Waals surface area contributed by atoms with Crippen LogP contribution in [0.1, 0.15) is 18.1 Å². The molecule has 1 aliphatic rings. The summed E-state index contributed by atoms with van der Waals surface area (Å²) in [5, 5.41) is 9.05. The molecule has 0 spiro atoms. The lowest BCUT2D eigenvalue weighted by Gasteiger charge is -2.32. The maximum Gasteiger partial charge on any atom is 0.128 e. The molecule has 1 aromatic heterocycles. The number of nitrogens with zero attached hydrogens (tertiary/aromatic N) is 2. The molecule has 1 N–H and O–H groups in total. The molecule has 1 unspecified atom stereocenters. The predicted octanol–water partition coefficient (Wildman–Crippen LogP) is 5.56. The predicted molar refractivity (Wildman–Crippen MR) is 129 cm³/mol. The number of nitrogens with one attached hydrogen (secondary N) is 1. The van der Waals surface area contributed by atoms with Gasteiger partial charge < -0.3 is 15.0 Å². The van der Waals surface area contributed by atoms with Gasteiger partial charge in [0.2, 0.25) is 0 Å². The zero-order chi connectivity index (χ0) is 21.2. The fourth-order valence-electron chi connectivity index (χ4n) is 4.42. The van der Waals surface area contributed by atoms with Crippen LogP contribution in [0, 0.1) is 0 Å². The van der Waals surface area contributed by atoms with Gasteiger partial charge in [-0.15, -0.1) is 0 Å². The largest absolute Gasteiger partial charge is 0.375 e. The van der Waals surface area contributed by atoms with Crippen molar-refractivity contribution >= 4 is 39.0 Å². The third kappa shape index (κ3) is 4.11. The summed E-state index contributed by atoms with van der Waals surface area (Å²) in [6.07, 6.45) is 2.22. The molecule has 1 atom stereocenters. The smallest absolute Gasteiger partial charge is 0.128 e. The fraction of sp³-hybridized carbons (Fsp3) is 0.269. The minimum atomic E-state index is 0.251. The van der Waals surface area contributed by atoms with Gasteiger partial charge in [0.25, 0.3) is 0 Å². The second-order valence-electron chi connectivity index (χ2n) is 8.14. The Morgan fingerprint density at radius 3 is 2.26 bits per heavy atom. The van der Waals surface area contributed by atoms with Crippen molar-refractivity contribution < 1.29 is 4.74 Å². The molecule has 3 aromatic carbocycles. The number of ether oxygens (including phenoxy) is 1. The molecule has 0 aliphatic carbocycles. The number of halogens is 1. The summed E-state index contributed by atoms with van der Waals surface area (Å²) in [6, 6.07) is 21.0. The van der Waals surface area contributed by atoms with E-state index in [1.54, 1.807) is 0 Å². The van der Waals surface area contributed by atoms with E-state index >= 15 is 0 Å². The molecule has 5 rings (SSSR count). The number of rotatable bonds is 5. The van der Waals surface area contributed by atoms with Crippen LogP contribution in [-0.2, 0) is 17.8 Å². The van der Waals surface area contributed by atoms with E-state index in [0.29, 0.717) is 0 Å². The van der Waals surface area contributed by atoms with Gasteiger partial charge in [-0.05, 0) is 34.9 Å². The average Bonchev–Trinajstić information content (AvgIpc) is 2.82. The molecule has 0 saturated carbocycles. The van der Waals surface area contributed by atoms with Crippen LogP contribution in [0.4, 0.5) is 5.82 Å². The highest BCUT2D eigenvalue weighted by Crippen LogP contribution is 2.36. The highest BCUT2D eigenvalue weighted by molar-refractivity contribution is 6.41. The third-order valence-corrected chi connectivity index (χ3v) is 6.39. The van der Waals surface area contributed by atoms with Gasteiger partial charge in [0.15, 0.2) is 0 Å². The first kappa shape index (κ1) is 20.3. The fourth-order valence-corrected chi connectivity index (χ4v) is 4.75. The molecular weight excluding hydrogens is 406 g/mol. The van der Waals surface area contributed by atoms with Gasteiger partial charge in [-0.3, -0.25) is 0 Å². The second kappa shape index (κ2) is 8.83. The second-order valence-corrected chi connectivity index (χ2v) is 8.52. The summed E-state index contributed by atoms with van der Waals surface area (Å²) in [7, 11) is 0. The van der Waals surface area contributed by atoms with Crippen LogP contribution >= 0.6 is 11.6 Å². The number of hydrogen-bond acceptors (Lipinski definition) is 4. The Morgan fingerprint density at radius 1 is 0.968 bits per heavy atom. The van der Waals surface area contributed by atoms with Crippen molar-refractivity contribution in [2.45, 2.75) is 26.1 Å². The standard InChI is InChI=1S/C26H26ClN3O/c1-18-17-30(12-13-31-18)25-11-10-19(15-29-25)14-28-16-24-20-6-2-4-8-22(20)26(27)23-9-5-3-7-21(23)24/h2-11,15,18,28H,12-14,16-17H2,1H3. The molecule has 5 heteroatoms. The molecule has 1 aliphatic heterocycles. The Balaban J connectivity index is 1.34. The molecule has 4 aromatic rings. The summed E-state index contributed by atoms with van der Waals surface area (Å²) >= 11 is 6.72. The molecule has 0 radical (unpaired) electrons. The van der Waals surface area contributed by atoms with Crippen molar-refractivity contribution in [3.05, 3.63) is 83.0 Å². The van der Waals surface area contributed by atoms with Crippen molar-refractivity contribution in [1.82, 2.24) is 10.3 Å². The van der Waals surface area contributed by atoms with Crippen LogP contribution in [-0.4, -0.2) is 30.8 Å². The van der Waals surface area contributed by atoms with Crippen LogP contribution in [0.15, 0.2) is 66.9 Å². The molecule has 4 nitrogen and oxygen atoms in total. The number of fused-ring (bicyclic) bond motifs is 2. The number of benzene rings is 3. The van der Waals surface area contributed by atoms with E-state index in [9.17, 15) is 0 Å². The molecule has 2 heterocycles. The molecular formula is C26H26ClN3O. The van der Waals surface area contributed by atoms with E-state index in [-0.39, 0.29) is 6.10 Å². The maximum atomic E-state index is 6.72. The number of hydrogen-bond donors (Lipinski definition) is 1. The average molecular weight is 432 g/mol. The van der Waals surface area contributed by atoms with Gasteiger partial charge in [-0.2, -0.15) is 0 Å². The minimum absolute atomic E-state index is 0.251. The van der Waals surface area contributed by atoms with E-state index in [4.69, 9.17) is 16.3 Å². The SMILES string of the molecule is CC1CN(c2ccc(CNCc3c4ccccc4c(Cl)c4ccccc34)cn2)CCO1. The van der Waals surface area contributed by atoms with Crippen molar-refractivity contribution in [1.29, 1.82) is 0 Å². The first-order chi connectivity index (χ1) is 15.2. The monoisotopic (exact) mass is 431 g/mol.